The van der Waals surface area contributed by atoms with Crippen LogP contribution in [0.15, 0.2) is 42.1 Å². The fourth-order valence-corrected chi connectivity index (χ4v) is 3.28. The molecule has 9 heteroatoms. The third-order valence-electron chi connectivity index (χ3n) is 3.65. The van der Waals surface area contributed by atoms with Crippen molar-refractivity contribution in [1.29, 1.82) is 0 Å². The lowest BCUT2D eigenvalue weighted by atomic mass is 10.2. The van der Waals surface area contributed by atoms with Crippen LogP contribution in [-0.4, -0.2) is 45.5 Å². The standard InChI is InChI=1S/C19H23ClN4O3S/c1-3-12-24-18(14-7-9-15(20)10-8-14)22-23-19(24)28-13-16(25)21-11-5-6-17(26)27-4-2/h3,7-10H,1,4-6,11-13H2,2H3,(H,21,25). The Morgan fingerprint density at radius 1 is 1.32 bits per heavy atom. The zero-order valence-electron chi connectivity index (χ0n) is 15.7. The number of hydrogen-bond acceptors (Lipinski definition) is 6. The smallest absolute Gasteiger partial charge is 0.305 e. The first-order chi connectivity index (χ1) is 13.5. The quantitative estimate of drug-likeness (QED) is 0.259. The normalized spacial score (nSPS) is 10.5. The minimum Gasteiger partial charge on any atom is -0.466 e. The van der Waals surface area contributed by atoms with Crippen molar-refractivity contribution in [2.24, 2.45) is 0 Å². The number of halogens is 1. The molecule has 28 heavy (non-hydrogen) atoms. The van der Waals surface area contributed by atoms with Crippen molar-refractivity contribution >= 4 is 35.2 Å². The summed E-state index contributed by atoms with van der Waals surface area (Å²) in [6, 6.07) is 7.33. The van der Waals surface area contributed by atoms with Gasteiger partial charge in [0, 0.05) is 30.1 Å². The minimum atomic E-state index is -0.252. The van der Waals surface area contributed by atoms with Gasteiger partial charge in [-0.25, -0.2) is 0 Å². The van der Waals surface area contributed by atoms with Crippen molar-refractivity contribution in [3.05, 3.63) is 41.9 Å². The fourth-order valence-electron chi connectivity index (χ4n) is 2.38. The molecular weight excluding hydrogens is 400 g/mol. The number of carbonyl (C=O) groups excluding carboxylic acids is 2. The lowest BCUT2D eigenvalue weighted by Crippen LogP contribution is -2.26. The number of rotatable bonds is 11. The van der Waals surface area contributed by atoms with Gasteiger partial charge in [0.2, 0.25) is 5.91 Å². The van der Waals surface area contributed by atoms with E-state index < -0.39 is 0 Å². The van der Waals surface area contributed by atoms with E-state index in [0.29, 0.717) is 48.5 Å². The summed E-state index contributed by atoms with van der Waals surface area (Å²) in [6.45, 7) is 6.85. The molecule has 0 aliphatic carbocycles. The van der Waals surface area contributed by atoms with Gasteiger partial charge in [-0.05, 0) is 37.6 Å². The van der Waals surface area contributed by atoms with Crippen LogP contribution < -0.4 is 5.32 Å². The van der Waals surface area contributed by atoms with Gasteiger partial charge in [-0.1, -0.05) is 29.4 Å². The Kier molecular flexibility index (Phi) is 9.03. The van der Waals surface area contributed by atoms with Gasteiger partial charge < -0.3 is 10.1 Å². The second-order valence-corrected chi connectivity index (χ2v) is 7.14. The molecule has 1 aromatic heterocycles. The summed E-state index contributed by atoms with van der Waals surface area (Å²) in [6.07, 6.45) is 2.59. The highest BCUT2D eigenvalue weighted by molar-refractivity contribution is 7.99. The highest BCUT2D eigenvalue weighted by atomic mass is 35.5. The summed E-state index contributed by atoms with van der Waals surface area (Å²) in [7, 11) is 0. The number of nitrogens with zero attached hydrogens (tertiary/aromatic N) is 3. The van der Waals surface area contributed by atoms with Crippen LogP contribution in [-0.2, 0) is 20.9 Å². The topological polar surface area (TPSA) is 86.1 Å². The van der Waals surface area contributed by atoms with E-state index in [1.54, 1.807) is 25.1 Å². The number of thioether (sulfide) groups is 1. The van der Waals surface area contributed by atoms with E-state index in [1.165, 1.54) is 11.8 Å². The first-order valence-electron chi connectivity index (χ1n) is 8.90. The van der Waals surface area contributed by atoms with Crippen LogP contribution >= 0.6 is 23.4 Å². The average molecular weight is 423 g/mol. The molecular formula is C19H23ClN4O3S. The predicted octanol–water partition coefficient (Wildman–Crippen LogP) is 3.34. The minimum absolute atomic E-state index is 0.130. The van der Waals surface area contributed by atoms with Crippen molar-refractivity contribution in [2.75, 3.05) is 18.9 Å². The molecule has 1 aromatic carbocycles. The summed E-state index contributed by atoms with van der Waals surface area (Å²) in [5, 5.41) is 12.5. The van der Waals surface area contributed by atoms with E-state index in [-0.39, 0.29) is 17.6 Å². The Labute approximate surface area is 173 Å². The summed E-state index contributed by atoms with van der Waals surface area (Å²) >= 11 is 7.24. The third kappa shape index (κ3) is 6.69. The highest BCUT2D eigenvalue weighted by Gasteiger charge is 2.15. The van der Waals surface area contributed by atoms with Crippen molar-refractivity contribution in [3.63, 3.8) is 0 Å². The van der Waals surface area contributed by atoms with Crippen molar-refractivity contribution in [1.82, 2.24) is 20.1 Å². The van der Waals surface area contributed by atoms with Gasteiger partial charge in [0.1, 0.15) is 0 Å². The van der Waals surface area contributed by atoms with Crippen LogP contribution in [0.4, 0.5) is 0 Å². The Bertz CT molecular complexity index is 808. The maximum Gasteiger partial charge on any atom is 0.305 e. The van der Waals surface area contributed by atoms with Crippen LogP contribution in [0, 0.1) is 0 Å². The first kappa shape index (κ1) is 22.0. The molecule has 0 bridgehead atoms. The summed E-state index contributed by atoms with van der Waals surface area (Å²) in [4.78, 5) is 23.3. The molecule has 2 rings (SSSR count). The number of benzene rings is 1. The number of esters is 1. The van der Waals surface area contributed by atoms with Gasteiger partial charge in [-0.3, -0.25) is 14.2 Å². The third-order valence-corrected chi connectivity index (χ3v) is 4.87. The first-order valence-corrected chi connectivity index (χ1v) is 10.3. The number of nitrogens with one attached hydrogen (secondary N) is 1. The molecule has 0 aliphatic heterocycles. The molecule has 7 nitrogen and oxygen atoms in total. The maximum atomic E-state index is 12.0. The Morgan fingerprint density at radius 3 is 2.75 bits per heavy atom. The molecule has 2 aromatic rings. The van der Waals surface area contributed by atoms with Crippen LogP contribution in [0.2, 0.25) is 5.02 Å². The molecule has 0 atom stereocenters. The highest BCUT2D eigenvalue weighted by Crippen LogP contribution is 2.25. The number of hydrogen-bond donors (Lipinski definition) is 1. The van der Waals surface area contributed by atoms with Gasteiger partial charge in [-0.15, -0.1) is 16.8 Å². The fraction of sp³-hybridized carbons (Fsp3) is 0.368. The van der Waals surface area contributed by atoms with Crippen LogP contribution in [0.1, 0.15) is 19.8 Å². The summed E-state index contributed by atoms with van der Waals surface area (Å²) in [5.41, 5.74) is 0.883. The van der Waals surface area contributed by atoms with E-state index in [4.69, 9.17) is 16.3 Å². The second kappa shape index (κ2) is 11.5. The maximum absolute atomic E-state index is 12.0. The Hall–Kier alpha value is -2.32. The number of amides is 1. The zero-order valence-corrected chi connectivity index (χ0v) is 17.3. The molecule has 1 N–H and O–H groups in total. The number of ether oxygens (including phenoxy) is 1. The van der Waals surface area contributed by atoms with E-state index in [1.807, 2.05) is 16.7 Å². The molecule has 0 saturated heterocycles. The van der Waals surface area contributed by atoms with Gasteiger partial charge in [-0.2, -0.15) is 0 Å². The SMILES string of the molecule is C=CCn1c(SCC(=O)NCCCC(=O)OCC)nnc1-c1ccc(Cl)cc1. The van der Waals surface area contributed by atoms with E-state index in [0.717, 1.165) is 5.56 Å². The van der Waals surface area contributed by atoms with Crippen LogP contribution in [0.3, 0.4) is 0 Å². The average Bonchev–Trinajstić information content (AvgIpc) is 3.07. The van der Waals surface area contributed by atoms with E-state index in [2.05, 4.69) is 22.1 Å². The van der Waals surface area contributed by atoms with Gasteiger partial charge in [0.25, 0.3) is 0 Å². The lowest BCUT2D eigenvalue weighted by Gasteiger charge is -2.08. The molecule has 0 spiro atoms. The molecule has 1 heterocycles. The van der Waals surface area contributed by atoms with Crippen LogP contribution in [0.5, 0.6) is 0 Å². The number of aromatic nitrogens is 3. The van der Waals surface area contributed by atoms with E-state index >= 15 is 0 Å². The number of allylic oxidation sites excluding steroid dienone is 1. The van der Waals surface area contributed by atoms with Gasteiger partial charge >= 0.3 is 5.97 Å². The predicted molar refractivity (Wildman–Crippen MR) is 110 cm³/mol. The van der Waals surface area contributed by atoms with Gasteiger partial charge in [0.15, 0.2) is 11.0 Å². The van der Waals surface area contributed by atoms with Crippen molar-refractivity contribution < 1.29 is 14.3 Å². The Morgan fingerprint density at radius 2 is 2.07 bits per heavy atom. The molecule has 0 radical (unpaired) electrons. The Balaban J connectivity index is 1.89. The van der Waals surface area contributed by atoms with Gasteiger partial charge in [0.05, 0.1) is 12.4 Å². The lowest BCUT2D eigenvalue weighted by molar-refractivity contribution is -0.143. The molecule has 0 unspecified atom stereocenters. The van der Waals surface area contributed by atoms with Crippen LogP contribution in [0.25, 0.3) is 11.4 Å². The molecule has 0 fully saturated rings. The zero-order chi connectivity index (χ0) is 20.4. The monoisotopic (exact) mass is 422 g/mol. The molecule has 1 amide bonds. The molecule has 150 valence electrons. The summed E-state index contributed by atoms with van der Waals surface area (Å²) in [5.74, 6) is 0.511. The molecule has 0 saturated carbocycles. The van der Waals surface area contributed by atoms with E-state index in [9.17, 15) is 9.59 Å². The largest absolute Gasteiger partial charge is 0.466 e. The summed E-state index contributed by atoms with van der Waals surface area (Å²) < 4.78 is 6.74. The number of carbonyl (C=O) groups is 2. The molecule has 0 aliphatic rings. The van der Waals surface area contributed by atoms with Crippen molar-refractivity contribution in [3.8, 4) is 11.4 Å². The second-order valence-electron chi connectivity index (χ2n) is 5.76. The van der Waals surface area contributed by atoms with Crippen molar-refractivity contribution in [2.45, 2.75) is 31.5 Å².